The molecule has 0 aliphatic carbocycles. The first kappa shape index (κ1) is 19.8. The van der Waals surface area contributed by atoms with Crippen molar-refractivity contribution < 1.29 is 19.5 Å². The lowest BCUT2D eigenvalue weighted by atomic mass is 10.1. The molecule has 0 aromatic heterocycles. The first-order valence-electron chi connectivity index (χ1n) is 8.23. The number of carbonyl (C=O) groups is 3. The van der Waals surface area contributed by atoms with Gasteiger partial charge in [-0.05, 0) is 48.4 Å². The number of aromatic carboxylic acids is 1. The van der Waals surface area contributed by atoms with E-state index in [4.69, 9.17) is 17.3 Å². The third-order valence-electron chi connectivity index (χ3n) is 4.19. The van der Waals surface area contributed by atoms with Gasteiger partial charge in [-0.25, -0.2) is 4.79 Å². The van der Waals surface area contributed by atoms with Gasteiger partial charge in [0.15, 0.2) is 0 Å². The summed E-state index contributed by atoms with van der Waals surface area (Å²) in [6, 6.07) is 11.3. The van der Waals surface area contributed by atoms with Gasteiger partial charge in [0.05, 0.1) is 10.5 Å². The number of nitrogens with zero attached hydrogens (tertiary/aromatic N) is 1. The standard InChI is InChI=1S/C20H16N2O4S2/c1-11-3-6-14(19(25)26)10-15(11)21-17(23)13-7-4-12(5-8-13)9-16-18(24)22(2)20(27)28-16/h3-10H,1-2H3,(H,21,23)(H,25,26)/b16-9+. The van der Waals surface area contributed by atoms with Crippen LogP contribution in [0, 0.1) is 6.92 Å². The number of anilines is 1. The van der Waals surface area contributed by atoms with Crippen molar-refractivity contribution in [1.29, 1.82) is 0 Å². The summed E-state index contributed by atoms with van der Waals surface area (Å²) >= 11 is 6.34. The molecule has 0 unspecified atom stereocenters. The van der Waals surface area contributed by atoms with E-state index < -0.39 is 5.97 Å². The molecule has 0 saturated carbocycles. The van der Waals surface area contributed by atoms with Crippen molar-refractivity contribution in [2.24, 2.45) is 0 Å². The van der Waals surface area contributed by atoms with Gasteiger partial charge in [0.25, 0.3) is 11.8 Å². The lowest BCUT2D eigenvalue weighted by Crippen LogP contribution is -2.22. The monoisotopic (exact) mass is 412 g/mol. The molecule has 0 spiro atoms. The van der Waals surface area contributed by atoms with E-state index in [2.05, 4.69) is 5.32 Å². The van der Waals surface area contributed by atoms with Gasteiger partial charge in [-0.1, -0.05) is 42.2 Å². The molecule has 1 aliphatic rings. The van der Waals surface area contributed by atoms with E-state index in [1.54, 1.807) is 50.4 Å². The molecular weight excluding hydrogens is 396 g/mol. The summed E-state index contributed by atoms with van der Waals surface area (Å²) < 4.78 is 0.506. The zero-order chi connectivity index (χ0) is 20.4. The van der Waals surface area contributed by atoms with Gasteiger partial charge in [0, 0.05) is 18.3 Å². The molecule has 2 amide bonds. The minimum absolute atomic E-state index is 0.101. The Bertz CT molecular complexity index is 1030. The van der Waals surface area contributed by atoms with Gasteiger partial charge in [-0.15, -0.1) is 0 Å². The number of hydrogen-bond donors (Lipinski definition) is 2. The van der Waals surface area contributed by atoms with Crippen LogP contribution in [-0.2, 0) is 4.79 Å². The second-order valence-corrected chi connectivity index (χ2v) is 7.83. The Balaban J connectivity index is 1.76. The first-order chi connectivity index (χ1) is 13.3. The molecule has 1 aliphatic heterocycles. The summed E-state index contributed by atoms with van der Waals surface area (Å²) in [4.78, 5) is 37.6. The summed E-state index contributed by atoms with van der Waals surface area (Å²) in [5.74, 6) is -1.56. The fraction of sp³-hybridized carbons (Fsp3) is 0.100. The van der Waals surface area contributed by atoms with E-state index in [1.807, 2.05) is 0 Å². The third-order valence-corrected chi connectivity index (χ3v) is 5.67. The van der Waals surface area contributed by atoms with Crippen LogP contribution < -0.4 is 5.32 Å². The zero-order valence-corrected chi connectivity index (χ0v) is 16.7. The summed E-state index contributed by atoms with van der Waals surface area (Å²) in [7, 11) is 1.63. The maximum absolute atomic E-state index is 12.5. The molecule has 28 heavy (non-hydrogen) atoms. The molecule has 142 valence electrons. The van der Waals surface area contributed by atoms with Crippen molar-refractivity contribution in [2.75, 3.05) is 12.4 Å². The highest BCUT2D eigenvalue weighted by Crippen LogP contribution is 2.31. The molecule has 6 nitrogen and oxygen atoms in total. The van der Waals surface area contributed by atoms with Crippen molar-refractivity contribution in [3.8, 4) is 0 Å². The highest BCUT2D eigenvalue weighted by Gasteiger charge is 2.28. The average Bonchev–Trinajstić information content (AvgIpc) is 2.90. The van der Waals surface area contributed by atoms with Gasteiger partial charge < -0.3 is 10.4 Å². The van der Waals surface area contributed by atoms with Crippen LogP contribution in [0.2, 0.25) is 0 Å². The number of nitrogens with one attached hydrogen (secondary N) is 1. The van der Waals surface area contributed by atoms with Crippen molar-refractivity contribution in [1.82, 2.24) is 4.90 Å². The average molecular weight is 412 g/mol. The van der Waals surface area contributed by atoms with Gasteiger partial charge in [-0.3, -0.25) is 14.5 Å². The molecular formula is C20H16N2O4S2. The number of rotatable bonds is 4. The van der Waals surface area contributed by atoms with Crippen molar-refractivity contribution in [3.05, 3.63) is 69.6 Å². The van der Waals surface area contributed by atoms with Crippen LogP contribution in [0.3, 0.4) is 0 Å². The number of carbonyl (C=O) groups excluding carboxylic acids is 2. The summed E-state index contributed by atoms with van der Waals surface area (Å²) in [6.07, 6.45) is 1.73. The Labute approximate surface area is 171 Å². The minimum Gasteiger partial charge on any atom is -0.478 e. The van der Waals surface area contributed by atoms with E-state index in [1.165, 1.54) is 28.8 Å². The normalized spacial score (nSPS) is 15.2. The topological polar surface area (TPSA) is 86.7 Å². The predicted molar refractivity (Wildman–Crippen MR) is 113 cm³/mol. The van der Waals surface area contributed by atoms with Crippen LogP contribution in [-0.4, -0.2) is 39.2 Å². The molecule has 0 atom stereocenters. The lowest BCUT2D eigenvalue weighted by molar-refractivity contribution is -0.121. The minimum atomic E-state index is -1.06. The summed E-state index contributed by atoms with van der Waals surface area (Å²) in [6.45, 7) is 1.79. The molecule has 1 fully saturated rings. The van der Waals surface area contributed by atoms with Crippen LogP contribution in [0.15, 0.2) is 47.4 Å². The Morgan fingerprint density at radius 1 is 1.14 bits per heavy atom. The molecule has 3 rings (SSSR count). The zero-order valence-electron chi connectivity index (χ0n) is 15.1. The maximum Gasteiger partial charge on any atom is 0.335 e. The highest BCUT2D eigenvalue weighted by molar-refractivity contribution is 8.26. The maximum atomic E-state index is 12.5. The molecule has 2 aromatic rings. The fourth-order valence-electron chi connectivity index (χ4n) is 2.51. The second-order valence-electron chi connectivity index (χ2n) is 6.15. The SMILES string of the molecule is Cc1ccc(C(=O)O)cc1NC(=O)c1ccc(/C=C2/SC(=S)N(C)C2=O)cc1. The summed E-state index contributed by atoms with van der Waals surface area (Å²) in [5, 5.41) is 11.8. The number of amides is 2. The first-order valence-corrected chi connectivity index (χ1v) is 9.45. The number of aryl methyl sites for hydroxylation is 1. The number of thioether (sulfide) groups is 1. The van der Waals surface area contributed by atoms with Gasteiger partial charge >= 0.3 is 5.97 Å². The van der Waals surface area contributed by atoms with Crippen LogP contribution in [0.4, 0.5) is 5.69 Å². The number of hydrogen-bond acceptors (Lipinski definition) is 5. The molecule has 0 bridgehead atoms. The predicted octanol–water partition coefficient (Wildman–Crippen LogP) is 3.78. The lowest BCUT2D eigenvalue weighted by Gasteiger charge is -2.09. The quantitative estimate of drug-likeness (QED) is 0.587. The number of carboxylic acids is 1. The number of carboxylic acid groups (broad SMARTS) is 1. The fourth-order valence-corrected chi connectivity index (χ4v) is 3.69. The molecule has 1 saturated heterocycles. The smallest absolute Gasteiger partial charge is 0.335 e. The van der Waals surface area contributed by atoms with Crippen LogP contribution in [0.25, 0.3) is 6.08 Å². The van der Waals surface area contributed by atoms with E-state index in [0.717, 1.165) is 11.1 Å². The van der Waals surface area contributed by atoms with Crippen LogP contribution >= 0.6 is 24.0 Å². The van der Waals surface area contributed by atoms with Crippen molar-refractivity contribution >= 4 is 57.8 Å². The Morgan fingerprint density at radius 3 is 2.36 bits per heavy atom. The van der Waals surface area contributed by atoms with Crippen molar-refractivity contribution in [2.45, 2.75) is 6.92 Å². The van der Waals surface area contributed by atoms with E-state index in [9.17, 15) is 14.4 Å². The number of thiocarbonyl (C=S) groups is 1. The van der Waals surface area contributed by atoms with E-state index >= 15 is 0 Å². The highest BCUT2D eigenvalue weighted by atomic mass is 32.2. The van der Waals surface area contributed by atoms with Gasteiger partial charge in [0.1, 0.15) is 4.32 Å². The third kappa shape index (κ3) is 4.13. The van der Waals surface area contributed by atoms with Gasteiger partial charge in [0.2, 0.25) is 0 Å². The molecule has 2 N–H and O–H groups in total. The molecule has 8 heteroatoms. The largest absolute Gasteiger partial charge is 0.478 e. The van der Waals surface area contributed by atoms with Crippen molar-refractivity contribution in [3.63, 3.8) is 0 Å². The Hall–Kier alpha value is -2.97. The Morgan fingerprint density at radius 2 is 1.79 bits per heavy atom. The number of likely N-dealkylation sites (N-methyl/N-ethyl adjacent to an activating group) is 1. The molecule has 0 radical (unpaired) electrons. The molecule has 2 aromatic carbocycles. The Kier molecular flexibility index (Phi) is 5.62. The van der Waals surface area contributed by atoms with Crippen LogP contribution in [0.5, 0.6) is 0 Å². The van der Waals surface area contributed by atoms with E-state index in [0.29, 0.717) is 20.5 Å². The summed E-state index contributed by atoms with van der Waals surface area (Å²) in [5.41, 5.74) is 2.50. The number of benzene rings is 2. The second kappa shape index (κ2) is 7.95. The molecule has 1 heterocycles. The van der Waals surface area contributed by atoms with E-state index in [-0.39, 0.29) is 17.4 Å². The van der Waals surface area contributed by atoms with Gasteiger partial charge in [-0.2, -0.15) is 0 Å². The van der Waals surface area contributed by atoms with Crippen LogP contribution in [0.1, 0.15) is 31.8 Å².